The summed E-state index contributed by atoms with van der Waals surface area (Å²) in [6.07, 6.45) is 0. The lowest BCUT2D eigenvalue weighted by Gasteiger charge is -2.19. The minimum absolute atomic E-state index is 0.167. The van der Waals surface area contributed by atoms with E-state index in [4.69, 9.17) is 9.84 Å². The molecule has 0 saturated heterocycles. The molecule has 1 aromatic carbocycles. The van der Waals surface area contributed by atoms with Crippen LogP contribution in [0, 0.1) is 6.92 Å². The van der Waals surface area contributed by atoms with Gasteiger partial charge >= 0.3 is 5.97 Å². The Morgan fingerprint density at radius 2 is 2.10 bits per heavy atom. The zero-order valence-electron chi connectivity index (χ0n) is 12.0. The molecule has 0 aliphatic carbocycles. The van der Waals surface area contributed by atoms with Gasteiger partial charge in [-0.3, -0.25) is 0 Å². The first-order valence-electron chi connectivity index (χ1n) is 6.35. The van der Waals surface area contributed by atoms with Gasteiger partial charge in [-0.05, 0) is 26.0 Å². The SMILES string of the molecule is COc1ccc2nc(NCC(C)(O)C(=O)O)c(C)nc2c1. The number of benzene rings is 1. The van der Waals surface area contributed by atoms with Gasteiger partial charge < -0.3 is 20.3 Å². The van der Waals surface area contributed by atoms with Gasteiger partial charge in [-0.25, -0.2) is 14.8 Å². The van der Waals surface area contributed by atoms with Crippen molar-refractivity contribution < 1.29 is 19.7 Å². The van der Waals surface area contributed by atoms with Gasteiger partial charge in [-0.2, -0.15) is 0 Å². The Hall–Kier alpha value is -2.41. The number of methoxy groups -OCH3 is 1. The fourth-order valence-corrected chi connectivity index (χ4v) is 1.75. The van der Waals surface area contributed by atoms with Crippen molar-refractivity contribution in [2.45, 2.75) is 19.4 Å². The largest absolute Gasteiger partial charge is 0.497 e. The number of nitrogens with zero attached hydrogens (tertiary/aromatic N) is 2. The number of carbonyl (C=O) groups is 1. The molecule has 1 aromatic heterocycles. The number of fused-ring (bicyclic) bond motifs is 1. The number of carboxylic acids is 1. The second-order valence-electron chi connectivity index (χ2n) is 4.94. The third-order valence-corrected chi connectivity index (χ3v) is 3.11. The van der Waals surface area contributed by atoms with Gasteiger partial charge in [0.15, 0.2) is 5.60 Å². The summed E-state index contributed by atoms with van der Waals surface area (Å²) in [7, 11) is 1.57. The summed E-state index contributed by atoms with van der Waals surface area (Å²) in [4.78, 5) is 19.6. The molecule has 1 atom stereocenters. The molecule has 0 radical (unpaired) electrons. The zero-order chi connectivity index (χ0) is 15.6. The molecule has 0 amide bonds. The van der Waals surface area contributed by atoms with Crippen molar-refractivity contribution in [2.24, 2.45) is 0 Å². The van der Waals surface area contributed by atoms with Crippen LogP contribution in [0.25, 0.3) is 11.0 Å². The van der Waals surface area contributed by atoms with Crippen molar-refractivity contribution in [1.29, 1.82) is 0 Å². The van der Waals surface area contributed by atoms with Gasteiger partial charge in [0.2, 0.25) is 0 Å². The van der Waals surface area contributed by atoms with Crippen molar-refractivity contribution in [3.05, 3.63) is 23.9 Å². The number of hydrogen-bond donors (Lipinski definition) is 3. The Balaban J connectivity index is 2.29. The molecular formula is C14H17N3O4. The number of carboxylic acid groups (broad SMARTS) is 1. The number of nitrogens with one attached hydrogen (secondary N) is 1. The summed E-state index contributed by atoms with van der Waals surface area (Å²) >= 11 is 0. The van der Waals surface area contributed by atoms with E-state index < -0.39 is 11.6 Å². The number of aliphatic carboxylic acids is 1. The molecule has 0 bridgehead atoms. The first-order chi connectivity index (χ1) is 9.83. The Bertz CT molecular complexity index is 685. The normalized spacial score (nSPS) is 13.7. The standard InChI is InChI=1S/C14H17N3O4/c1-8-12(15-7-14(2,20)13(18)19)17-10-5-4-9(21-3)6-11(10)16-8/h4-6,20H,7H2,1-3H3,(H,15,17)(H,18,19). The molecular weight excluding hydrogens is 274 g/mol. The predicted molar refractivity (Wildman–Crippen MR) is 77.6 cm³/mol. The van der Waals surface area contributed by atoms with E-state index in [0.717, 1.165) is 0 Å². The lowest BCUT2D eigenvalue weighted by molar-refractivity contribution is -0.155. The third kappa shape index (κ3) is 3.19. The van der Waals surface area contributed by atoms with Crippen LogP contribution in [0.2, 0.25) is 0 Å². The van der Waals surface area contributed by atoms with E-state index in [-0.39, 0.29) is 6.54 Å². The summed E-state index contributed by atoms with van der Waals surface area (Å²) in [5.74, 6) is -0.175. The third-order valence-electron chi connectivity index (χ3n) is 3.11. The fourth-order valence-electron chi connectivity index (χ4n) is 1.75. The smallest absolute Gasteiger partial charge is 0.337 e. The monoisotopic (exact) mass is 291 g/mol. The van der Waals surface area contributed by atoms with Gasteiger partial charge in [0.05, 0.1) is 30.4 Å². The van der Waals surface area contributed by atoms with Gasteiger partial charge in [-0.15, -0.1) is 0 Å². The maximum atomic E-state index is 10.9. The van der Waals surface area contributed by atoms with E-state index in [0.29, 0.717) is 28.3 Å². The van der Waals surface area contributed by atoms with E-state index in [1.165, 1.54) is 6.92 Å². The molecule has 7 nitrogen and oxygen atoms in total. The highest BCUT2D eigenvalue weighted by Crippen LogP contribution is 2.21. The first-order valence-corrected chi connectivity index (χ1v) is 6.35. The highest BCUT2D eigenvalue weighted by atomic mass is 16.5. The van der Waals surface area contributed by atoms with Crippen LogP contribution in [0.15, 0.2) is 18.2 Å². The summed E-state index contributed by atoms with van der Waals surface area (Å²) < 4.78 is 5.13. The fraction of sp³-hybridized carbons (Fsp3) is 0.357. The van der Waals surface area contributed by atoms with Crippen molar-refractivity contribution >= 4 is 22.8 Å². The van der Waals surface area contributed by atoms with Crippen LogP contribution in [0.3, 0.4) is 0 Å². The highest BCUT2D eigenvalue weighted by Gasteiger charge is 2.29. The summed E-state index contributed by atoms with van der Waals surface area (Å²) in [6, 6.07) is 5.30. The first kappa shape index (κ1) is 15.0. The number of aryl methyl sites for hydroxylation is 1. The van der Waals surface area contributed by atoms with Crippen LogP contribution >= 0.6 is 0 Å². The maximum Gasteiger partial charge on any atom is 0.337 e. The number of anilines is 1. The molecule has 21 heavy (non-hydrogen) atoms. The minimum atomic E-state index is -1.87. The molecule has 1 unspecified atom stereocenters. The van der Waals surface area contributed by atoms with Crippen molar-refractivity contribution in [1.82, 2.24) is 9.97 Å². The average molecular weight is 291 g/mol. The Morgan fingerprint density at radius 3 is 2.71 bits per heavy atom. The molecule has 3 N–H and O–H groups in total. The van der Waals surface area contributed by atoms with Crippen LogP contribution in [-0.4, -0.2) is 45.4 Å². The quantitative estimate of drug-likeness (QED) is 0.760. The Labute approximate surface area is 121 Å². The average Bonchev–Trinajstić information content (AvgIpc) is 2.44. The topological polar surface area (TPSA) is 105 Å². The van der Waals surface area contributed by atoms with Crippen LogP contribution in [0.5, 0.6) is 5.75 Å². The predicted octanol–water partition coefficient (Wildman–Crippen LogP) is 1.19. The van der Waals surface area contributed by atoms with E-state index in [9.17, 15) is 9.90 Å². The van der Waals surface area contributed by atoms with Crippen LogP contribution in [0.4, 0.5) is 5.82 Å². The Morgan fingerprint density at radius 1 is 1.38 bits per heavy atom. The molecule has 1 heterocycles. The number of aliphatic hydroxyl groups is 1. The van der Waals surface area contributed by atoms with E-state index in [2.05, 4.69) is 15.3 Å². The van der Waals surface area contributed by atoms with Crippen LogP contribution < -0.4 is 10.1 Å². The molecule has 0 saturated carbocycles. The van der Waals surface area contributed by atoms with E-state index in [1.54, 1.807) is 32.2 Å². The molecule has 0 aliphatic rings. The maximum absolute atomic E-state index is 10.9. The lowest BCUT2D eigenvalue weighted by atomic mass is 10.1. The highest BCUT2D eigenvalue weighted by molar-refractivity contribution is 5.79. The molecule has 2 aromatic rings. The lowest BCUT2D eigenvalue weighted by Crippen LogP contribution is -2.42. The van der Waals surface area contributed by atoms with Crippen LogP contribution in [0.1, 0.15) is 12.6 Å². The molecule has 0 fully saturated rings. The van der Waals surface area contributed by atoms with Crippen molar-refractivity contribution in [2.75, 3.05) is 19.0 Å². The molecule has 0 aliphatic heterocycles. The van der Waals surface area contributed by atoms with Crippen LogP contribution in [-0.2, 0) is 4.79 Å². The molecule has 7 heteroatoms. The summed E-state index contributed by atoms with van der Waals surface area (Å²) in [5.41, 5.74) is 0.0707. The van der Waals surface area contributed by atoms with Gasteiger partial charge in [0, 0.05) is 6.07 Å². The molecule has 2 rings (SSSR count). The van der Waals surface area contributed by atoms with Gasteiger partial charge in [0.1, 0.15) is 11.6 Å². The van der Waals surface area contributed by atoms with E-state index in [1.807, 2.05) is 0 Å². The molecule has 112 valence electrons. The second-order valence-corrected chi connectivity index (χ2v) is 4.94. The summed E-state index contributed by atoms with van der Waals surface area (Å²) in [6.45, 7) is 2.81. The van der Waals surface area contributed by atoms with E-state index >= 15 is 0 Å². The summed E-state index contributed by atoms with van der Waals surface area (Å²) in [5, 5.41) is 21.4. The number of ether oxygens (including phenoxy) is 1. The van der Waals surface area contributed by atoms with Gasteiger partial charge in [0.25, 0.3) is 0 Å². The number of aromatic nitrogens is 2. The second kappa shape index (κ2) is 5.53. The zero-order valence-corrected chi connectivity index (χ0v) is 12.0. The Kier molecular flexibility index (Phi) is 3.95. The number of rotatable bonds is 5. The minimum Gasteiger partial charge on any atom is -0.497 e. The number of hydrogen-bond acceptors (Lipinski definition) is 6. The van der Waals surface area contributed by atoms with Crippen molar-refractivity contribution in [3.63, 3.8) is 0 Å². The van der Waals surface area contributed by atoms with Crippen molar-refractivity contribution in [3.8, 4) is 5.75 Å². The molecule has 0 spiro atoms. The van der Waals surface area contributed by atoms with Gasteiger partial charge in [-0.1, -0.05) is 0 Å².